The highest BCUT2D eigenvalue weighted by Crippen LogP contribution is 2.22. The minimum atomic E-state index is -0.334. The van der Waals surface area contributed by atoms with Crippen molar-refractivity contribution in [3.63, 3.8) is 0 Å². The highest BCUT2D eigenvalue weighted by atomic mass is 16.2. The summed E-state index contributed by atoms with van der Waals surface area (Å²) in [6, 6.07) is 0.245. The number of aryl methyl sites for hydroxylation is 2. The molecule has 7 heteroatoms. The fourth-order valence-electron chi connectivity index (χ4n) is 1.96. The van der Waals surface area contributed by atoms with Gasteiger partial charge in [0.2, 0.25) is 5.82 Å². The summed E-state index contributed by atoms with van der Waals surface area (Å²) in [6.07, 6.45) is 0. The second-order valence-corrected chi connectivity index (χ2v) is 4.78. The normalized spacial score (nSPS) is 11.1. The van der Waals surface area contributed by atoms with Crippen LogP contribution in [0.4, 0.5) is 5.69 Å². The molecule has 0 aliphatic rings. The van der Waals surface area contributed by atoms with E-state index in [1.54, 1.807) is 6.92 Å². The van der Waals surface area contributed by atoms with Crippen molar-refractivity contribution < 1.29 is 4.79 Å². The molecule has 0 saturated heterocycles. The molecular weight excluding hydrogens is 244 g/mol. The van der Waals surface area contributed by atoms with Crippen molar-refractivity contribution in [1.82, 2.24) is 25.0 Å². The Bertz CT molecular complexity index is 610. The van der Waals surface area contributed by atoms with Crippen molar-refractivity contribution in [3.8, 4) is 0 Å². The lowest BCUT2D eigenvalue weighted by Gasteiger charge is -2.08. The Morgan fingerprint density at radius 3 is 2.47 bits per heavy atom. The average Bonchev–Trinajstić information content (AvgIpc) is 2.87. The van der Waals surface area contributed by atoms with Crippen LogP contribution in [0.15, 0.2) is 0 Å². The molecule has 0 atom stereocenters. The quantitative estimate of drug-likeness (QED) is 0.882. The standard InChI is InChI=1S/C12H18N6O/c1-6(2)18-8(4)10(7(3)17-18)14-12(19)11-13-9(5)15-16-11/h6H,1-5H3,(H,14,19)(H,13,15,16). The summed E-state index contributed by atoms with van der Waals surface area (Å²) in [5, 5.41) is 13.7. The molecular formula is C12H18N6O. The summed E-state index contributed by atoms with van der Waals surface area (Å²) in [4.78, 5) is 16.0. The van der Waals surface area contributed by atoms with E-state index >= 15 is 0 Å². The molecule has 0 saturated carbocycles. The zero-order valence-corrected chi connectivity index (χ0v) is 11.8. The smallest absolute Gasteiger partial charge is 0.295 e. The van der Waals surface area contributed by atoms with Crippen LogP contribution in [0.5, 0.6) is 0 Å². The highest BCUT2D eigenvalue weighted by Gasteiger charge is 2.18. The average molecular weight is 262 g/mol. The fourth-order valence-corrected chi connectivity index (χ4v) is 1.96. The van der Waals surface area contributed by atoms with Gasteiger partial charge in [-0.3, -0.25) is 14.6 Å². The first-order valence-electron chi connectivity index (χ1n) is 6.16. The number of H-pyrrole nitrogens is 1. The molecule has 0 spiro atoms. The molecule has 2 aromatic rings. The van der Waals surface area contributed by atoms with Crippen molar-refractivity contribution in [3.05, 3.63) is 23.0 Å². The van der Waals surface area contributed by atoms with Crippen LogP contribution in [0, 0.1) is 20.8 Å². The lowest BCUT2D eigenvalue weighted by Crippen LogP contribution is -2.15. The molecule has 0 radical (unpaired) electrons. The molecule has 19 heavy (non-hydrogen) atoms. The van der Waals surface area contributed by atoms with Crippen molar-refractivity contribution in [2.45, 2.75) is 40.7 Å². The van der Waals surface area contributed by atoms with E-state index < -0.39 is 0 Å². The Morgan fingerprint density at radius 2 is 2.00 bits per heavy atom. The predicted octanol–water partition coefficient (Wildman–Crippen LogP) is 1.76. The van der Waals surface area contributed by atoms with Gasteiger partial charge >= 0.3 is 0 Å². The molecule has 0 unspecified atom stereocenters. The first-order valence-corrected chi connectivity index (χ1v) is 6.16. The Labute approximate surface area is 111 Å². The van der Waals surface area contributed by atoms with Gasteiger partial charge in [-0.15, -0.1) is 5.10 Å². The summed E-state index contributed by atoms with van der Waals surface area (Å²) in [5.41, 5.74) is 2.43. The number of hydrogen-bond donors (Lipinski definition) is 2. The molecule has 2 heterocycles. The van der Waals surface area contributed by atoms with Crippen LogP contribution in [0.2, 0.25) is 0 Å². The third-order valence-electron chi connectivity index (χ3n) is 2.85. The number of amides is 1. The minimum absolute atomic E-state index is 0.133. The van der Waals surface area contributed by atoms with E-state index in [2.05, 4.69) is 25.6 Å². The second-order valence-electron chi connectivity index (χ2n) is 4.78. The Hall–Kier alpha value is -2.18. The van der Waals surface area contributed by atoms with Crippen LogP contribution in [0.25, 0.3) is 0 Å². The molecule has 7 nitrogen and oxygen atoms in total. The van der Waals surface area contributed by atoms with Crippen molar-refractivity contribution >= 4 is 11.6 Å². The number of carbonyl (C=O) groups excluding carboxylic acids is 1. The number of aromatic nitrogens is 5. The predicted molar refractivity (Wildman–Crippen MR) is 71.2 cm³/mol. The van der Waals surface area contributed by atoms with Crippen LogP contribution in [0.1, 0.15) is 47.7 Å². The molecule has 2 aromatic heterocycles. The molecule has 0 bridgehead atoms. The highest BCUT2D eigenvalue weighted by molar-refractivity contribution is 6.02. The molecule has 0 aromatic carbocycles. The van der Waals surface area contributed by atoms with Gasteiger partial charge in [0.15, 0.2) is 0 Å². The van der Waals surface area contributed by atoms with Gasteiger partial charge in [0.25, 0.3) is 5.91 Å². The largest absolute Gasteiger partial charge is 0.316 e. The van der Waals surface area contributed by atoms with Crippen LogP contribution in [0.3, 0.4) is 0 Å². The van der Waals surface area contributed by atoms with E-state index in [-0.39, 0.29) is 17.8 Å². The number of anilines is 1. The maximum atomic E-state index is 12.0. The third-order valence-corrected chi connectivity index (χ3v) is 2.85. The Balaban J connectivity index is 2.26. The van der Waals surface area contributed by atoms with Crippen molar-refractivity contribution in [2.24, 2.45) is 0 Å². The molecule has 0 aliphatic heterocycles. The first-order chi connectivity index (χ1) is 8.90. The van der Waals surface area contributed by atoms with Crippen LogP contribution in [-0.2, 0) is 0 Å². The van der Waals surface area contributed by atoms with Gasteiger partial charge in [-0.1, -0.05) is 0 Å². The number of nitrogens with one attached hydrogen (secondary N) is 2. The molecule has 0 aliphatic carbocycles. The Morgan fingerprint density at radius 1 is 1.32 bits per heavy atom. The summed E-state index contributed by atoms with van der Waals surface area (Å²) in [6.45, 7) is 9.63. The first kappa shape index (κ1) is 13.3. The number of rotatable bonds is 3. The maximum absolute atomic E-state index is 12.0. The number of aromatic amines is 1. The van der Waals surface area contributed by atoms with Crippen LogP contribution in [-0.4, -0.2) is 30.9 Å². The van der Waals surface area contributed by atoms with E-state index in [0.717, 1.165) is 17.1 Å². The number of nitrogens with zero attached hydrogens (tertiary/aromatic N) is 4. The molecule has 1 amide bonds. The summed E-state index contributed by atoms with van der Waals surface area (Å²) in [7, 11) is 0. The van der Waals surface area contributed by atoms with E-state index in [1.807, 2.05) is 32.4 Å². The molecule has 2 rings (SSSR count). The van der Waals surface area contributed by atoms with Gasteiger partial charge in [0.05, 0.1) is 17.1 Å². The second kappa shape index (κ2) is 4.83. The van der Waals surface area contributed by atoms with E-state index in [4.69, 9.17) is 0 Å². The van der Waals surface area contributed by atoms with Gasteiger partial charge in [0, 0.05) is 6.04 Å². The SMILES string of the molecule is Cc1nc(C(=O)Nc2c(C)nn(C(C)C)c2C)n[nH]1. The fraction of sp³-hybridized carbons (Fsp3) is 0.500. The number of hydrogen-bond acceptors (Lipinski definition) is 4. The molecule has 102 valence electrons. The monoisotopic (exact) mass is 262 g/mol. The van der Waals surface area contributed by atoms with E-state index in [0.29, 0.717) is 5.82 Å². The zero-order chi connectivity index (χ0) is 14.2. The van der Waals surface area contributed by atoms with Crippen LogP contribution >= 0.6 is 0 Å². The van der Waals surface area contributed by atoms with Gasteiger partial charge in [-0.25, -0.2) is 4.98 Å². The number of carbonyl (C=O) groups is 1. The van der Waals surface area contributed by atoms with Gasteiger partial charge in [-0.2, -0.15) is 5.10 Å². The molecule has 2 N–H and O–H groups in total. The lowest BCUT2D eigenvalue weighted by molar-refractivity contribution is 0.101. The maximum Gasteiger partial charge on any atom is 0.295 e. The van der Waals surface area contributed by atoms with Gasteiger partial charge in [-0.05, 0) is 34.6 Å². The van der Waals surface area contributed by atoms with Gasteiger partial charge in [0.1, 0.15) is 5.82 Å². The van der Waals surface area contributed by atoms with E-state index in [1.165, 1.54) is 0 Å². The topological polar surface area (TPSA) is 88.5 Å². The summed E-state index contributed by atoms with van der Waals surface area (Å²) < 4.78 is 1.88. The summed E-state index contributed by atoms with van der Waals surface area (Å²) >= 11 is 0. The molecule has 0 fully saturated rings. The van der Waals surface area contributed by atoms with E-state index in [9.17, 15) is 4.79 Å². The van der Waals surface area contributed by atoms with Crippen molar-refractivity contribution in [2.75, 3.05) is 5.32 Å². The minimum Gasteiger partial charge on any atom is -0.316 e. The zero-order valence-electron chi connectivity index (χ0n) is 11.8. The van der Waals surface area contributed by atoms with Crippen molar-refractivity contribution in [1.29, 1.82) is 0 Å². The van der Waals surface area contributed by atoms with Crippen LogP contribution < -0.4 is 5.32 Å². The Kier molecular flexibility index (Phi) is 3.37. The third kappa shape index (κ3) is 2.49. The summed E-state index contributed by atoms with van der Waals surface area (Å²) in [5.74, 6) is 0.406. The van der Waals surface area contributed by atoms with Gasteiger partial charge < -0.3 is 5.32 Å². The lowest BCUT2D eigenvalue weighted by atomic mass is 10.3.